The van der Waals surface area contributed by atoms with Crippen molar-refractivity contribution in [3.05, 3.63) is 87.1 Å². The van der Waals surface area contributed by atoms with Gasteiger partial charge < -0.3 is 0 Å². The molecule has 0 aliphatic carbocycles. The van der Waals surface area contributed by atoms with Gasteiger partial charge in [-0.1, -0.05) is 53.2 Å². The van der Waals surface area contributed by atoms with Gasteiger partial charge in [-0.3, -0.25) is 4.79 Å². The first-order valence-electron chi connectivity index (χ1n) is 7.79. The highest BCUT2D eigenvalue weighted by Crippen LogP contribution is 2.39. The van der Waals surface area contributed by atoms with E-state index < -0.39 is 5.56 Å². The zero-order valence-electron chi connectivity index (χ0n) is 13.6. The van der Waals surface area contributed by atoms with Crippen LogP contribution >= 0.6 is 35.0 Å². The monoisotopic (exact) mass is 417 g/mol. The van der Waals surface area contributed by atoms with Gasteiger partial charge in [-0.05, 0) is 30.3 Å². The van der Waals surface area contributed by atoms with Crippen LogP contribution in [0.25, 0.3) is 16.6 Å². The first-order chi connectivity index (χ1) is 13.0. The van der Waals surface area contributed by atoms with Crippen LogP contribution in [-0.2, 0) is 0 Å². The van der Waals surface area contributed by atoms with E-state index >= 15 is 0 Å². The SMILES string of the molecule is O=c1cc2c(-c3c(Cl)cccc3Cl)cc(Sc3ccccc3F)nn2cn1. The Balaban J connectivity index is 1.97. The minimum atomic E-state index is -0.407. The molecular formula is C19H10Cl2FN3OS. The van der Waals surface area contributed by atoms with Crippen molar-refractivity contribution in [3.63, 3.8) is 0 Å². The predicted octanol–water partition coefficient (Wildman–Crippen LogP) is 5.35. The van der Waals surface area contributed by atoms with Gasteiger partial charge in [0.05, 0.1) is 5.52 Å². The van der Waals surface area contributed by atoms with Crippen molar-refractivity contribution in [2.24, 2.45) is 0 Å². The normalized spacial score (nSPS) is 11.1. The molecule has 0 spiro atoms. The minimum Gasteiger partial charge on any atom is -0.267 e. The topological polar surface area (TPSA) is 47.3 Å². The van der Waals surface area contributed by atoms with Gasteiger partial charge in [0, 0.05) is 32.1 Å². The molecule has 0 saturated heterocycles. The smallest absolute Gasteiger partial charge is 0.267 e. The number of aromatic nitrogens is 3. The van der Waals surface area contributed by atoms with Gasteiger partial charge in [-0.15, -0.1) is 0 Å². The van der Waals surface area contributed by atoms with Crippen LogP contribution < -0.4 is 5.56 Å². The van der Waals surface area contributed by atoms with Gasteiger partial charge in [0.2, 0.25) is 0 Å². The molecule has 4 nitrogen and oxygen atoms in total. The van der Waals surface area contributed by atoms with Gasteiger partial charge in [0.1, 0.15) is 17.2 Å². The number of benzene rings is 2. The lowest BCUT2D eigenvalue weighted by Crippen LogP contribution is -2.09. The maximum absolute atomic E-state index is 14.0. The standard InChI is InChI=1S/C19H10Cl2FN3OS/c20-12-4-3-5-13(21)19(12)11-8-18(27-16-7-2-1-6-14(16)22)24-25-10-23-17(26)9-15(11)25/h1-10H. The van der Waals surface area contributed by atoms with E-state index in [0.717, 1.165) is 11.8 Å². The fourth-order valence-corrected chi connectivity index (χ4v) is 4.10. The molecule has 0 aliphatic heterocycles. The lowest BCUT2D eigenvalue weighted by atomic mass is 10.1. The zero-order valence-corrected chi connectivity index (χ0v) is 15.9. The Morgan fingerprint density at radius 2 is 1.74 bits per heavy atom. The molecule has 134 valence electrons. The summed E-state index contributed by atoms with van der Waals surface area (Å²) < 4.78 is 15.5. The van der Waals surface area contributed by atoms with E-state index in [0.29, 0.717) is 36.6 Å². The molecule has 2 heterocycles. The zero-order chi connectivity index (χ0) is 19.0. The second-order valence-corrected chi connectivity index (χ2v) is 7.46. The van der Waals surface area contributed by atoms with Crippen molar-refractivity contribution in [1.82, 2.24) is 14.6 Å². The number of nitrogens with zero attached hydrogens (tertiary/aromatic N) is 3. The Hall–Kier alpha value is -2.41. The van der Waals surface area contributed by atoms with Gasteiger partial charge in [-0.25, -0.2) is 8.91 Å². The number of fused-ring (bicyclic) bond motifs is 1. The highest BCUT2D eigenvalue weighted by atomic mass is 35.5. The van der Waals surface area contributed by atoms with E-state index in [-0.39, 0.29) is 5.82 Å². The Kier molecular flexibility index (Phi) is 4.86. The Morgan fingerprint density at radius 1 is 1.00 bits per heavy atom. The molecule has 0 unspecified atom stereocenters. The van der Waals surface area contributed by atoms with E-state index in [1.165, 1.54) is 23.0 Å². The third kappa shape index (κ3) is 3.56. The predicted molar refractivity (Wildman–Crippen MR) is 105 cm³/mol. The Bertz CT molecular complexity index is 1210. The summed E-state index contributed by atoms with van der Waals surface area (Å²) in [4.78, 5) is 16.0. The molecule has 0 amide bonds. The van der Waals surface area contributed by atoms with E-state index in [1.807, 2.05) is 0 Å². The highest BCUT2D eigenvalue weighted by molar-refractivity contribution is 7.99. The highest BCUT2D eigenvalue weighted by Gasteiger charge is 2.16. The van der Waals surface area contributed by atoms with Crippen LogP contribution in [0.1, 0.15) is 0 Å². The quantitative estimate of drug-likeness (QED) is 0.450. The van der Waals surface area contributed by atoms with Gasteiger partial charge in [0.15, 0.2) is 0 Å². The van der Waals surface area contributed by atoms with Crippen LogP contribution in [0.15, 0.2) is 75.6 Å². The number of hydrogen-bond donors (Lipinski definition) is 0. The molecule has 4 rings (SSSR count). The molecule has 0 bridgehead atoms. The summed E-state index contributed by atoms with van der Waals surface area (Å²) in [5.41, 5.74) is 1.28. The molecule has 0 fully saturated rings. The van der Waals surface area contributed by atoms with Gasteiger partial charge >= 0.3 is 0 Å². The van der Waals surface area contributed by atoms with E-state index in [9.17, 15) is 9.18 Å². The number of halogens is 3. The molecule has 0 N–H and O–H groups in total. The average Bonchev–Trinajstić information content (AvgIpc) is 2.64. The van der Waals surface area contributed by atoms with Crippen LogP contribution in [0.4, 0.5) is 4.39 Å². The molecule has 0 atom stereocenters. The summed E-state index contributed by atoms with van der Waals surface area (Å²) in [6, 6.07) is 14.7. The molecule has 4 aromatic rings. The van der Waals surface area contributed by atoms with Crippen molar-refractivity contribution < 1.29 is 4.39 Å². The Morgan fingerprint density at radius 3 is 2.48 bits per heavy atom. The third-order valence-electron chi connectivity index (χ3n) is 3.83. The van der Waals surface area contributed by atoms with Crippen LogP contribution in [-0.4, -0.2) is 14.6 Å². The fourth-order valence-electron chi connectivity index (χ4n) is 2.65. The van der Waals surface area contributed by atoms with Crippen LogP contribution in [0.3, 0.4) is 0 Å². The van der Waals surface area contributed by atoms with Crippen LogP contribution in [0.5, 0.6) is 0 Å². The maximum Gasteiger partial charge on any atom is 0.273 e. The van der Waals surface area contributed by atoms with Gasteiger partial charge in [0.25, 0.3) is 5.56 Å². The summed E-state index contributed by atoms with van der Waals surface area (Å²) in [7, 11) is 0. The second-order valence-electron chi connectivity index (χ2n) is 5.58. The molecule has 8 heteroatoms. The lowest BCUT2D eigenvalue weighted by molar-refractivity contribution is 0.601. The molecule has 0 saturated carbocycles. The van der Waals surface area contributed by atoms with Crippen molar-refractivity contribution in [2.45, 2.75) is 9.92 Å². The molecule has 2 aromatic heterocycles. The summed E-state index contributed by atoms with van der Waals surface area (Å²) in [5.74, 6) is -0.347. The number of rotatable bonds is 3. The number of hydrogen-bond acceptors (Lipinski definition) is 4. The summed E-state index contributed by atoms with van der Waals surface area (Å²) >= 11 is 13.9. The van der Waals surface area contributed by atoms with Crippen molar-refractivity contribution in [3.8, 4) is 11.1 Å². The van der Waals surface area contributed by atoms with Crippen LogP contribution in [0.2, 0.25) is 10.0 Å². The maximum atomic E-state index is 14.0. The first-order valence-corrected chi connectivity index (χ1v) is 9.37. The first kappa shape index (κ1) is 18.0. The molecular weight excluding hydrogens is 408 g/mol. The third-order valence-corrected chi connectivity index (χ3v) is 5.42. The van der Waals surface area contributed by atoms with Crippen LogP contribution in [0, 0.1) is 5.82 Å². The lowest BCUT2D eigenvalue weighted by Gasteiger charge is -2.13. The van der Waals surface area contributed by atoms with Crippen molar-refractivity contribution >= 4 is 40.5 Å². The Labute approximate surface area is 167 Å². The average molecular weight is 418 g/mol. The van der Waals surface area contributed by atoms with E-state index in [2.05, 4.69) is 10.1 Å². The summed E-state index contributed by atoms with van der Waals surface area (Å²) in [6.07, 6.45) is 1.32. The molecule has 27 heavy (non-hydrogen) atoms. The summed E-state index contributed by atoms with van der Waals surface area (Å²) in [5, 5.41) is 5.79. The molecule has 2 aromatic carbocycles. The van der Waals surface area contributed by atoms with E-state index in [1.54, 1.807) is 42.5 Å². The van der Waals surface area contributed by atoms with Crippen molar-refractivity contribution in [1.29, 1.82) is 0 Å². The van der Waals surface area contributed by atoms with Crippen molar-refractivity contribution in [2.75, 3.05) is 0 Å². The molecule has 0 aliphatic rings. The second kappa shape index (κ2) is 7.31. The molecule has 0 radical (unpaired) electrons. The largest absolute Gasteiger partial charge is 0.273 e. The van der Waals surface area contributed by atoms with Gasteiger partial charge in [-0.2, -0.15) is 10.1 Å². The fraction of sp³-hybridized carbons (Fsp3) is 0. The minimum absolute atomic E-state index is 0.347. The van der Waals surface area contributed by atoms with E-state index in [4.69, 9.17) is 23.2 Å². The summed E-state index contributed by atoms with van der Waals surface area (Å²) in [6.45, 7) is 0.